The first kappa shape index (κ1) is 12.4. The molecule has 1 aromatic heterocycles. The lowest BCUT2D eigenvalue weighted by Crippen LogP contribution is -1.95. The van der Waals surface area contributed by atoms with E-state index in [1.54, 1.807) is 6.20 Å². The van der Waals surface area contributed by atoms with E-state index in [2.05, 4.69) is 4.98 Å². The highest BCUT2D eigenvalue weighted by Crippen LogP contribution is 2.20. The topological polar surface area (TPSA) is 63.3 Å². The second-order valence-electron chi connectivity index (χ2n) is 4.25. The van der Waals surface area contributed by atoms with Crippen LogP contribution in [-0.4, -0.2) is 16.1 Å². The number of aryl methyl sites for hydroxylation is 2. The first-order chi connectivity index (χ1) is 8.65. The van der Waals surface area contributed by atoms with Crippen LogP contribution in [0.2, 0.25) is 0 Å². The number of carbonyl (C=O) groups is 1. The van der Waals surface area contributed by atoms with Crippen molar-refractivity contribution in [3.05, 3.63) is 41.8 Å². The van der Waals surface area contributed by atoms with Crippen LogP contribution >= 0.6 is 0 Å². The van der Waals surface area contributed by atoms with Crippen molar-refractivity contribution in [1.29, 1.82) is 0 Å². The van der Waals surface area contributed by atoms with Crippen molar-refractivity contribution in [1.82, 2.24) is 4.98 Å². The van der Waals surface area contributed by atoms with Crippen LogP contribution in [0.15, 0.2) is 34.9 Å². The second-order valence-corrected chi connectivity index (χ2v) is 4.25. The van der Waals surface area contributed by atoms with Gasteiger partial charge in [-0.05, 0) is 25.5 Å². The van der Waals surface area contributed by atoms with Crippen molar-refractivity contribution in [2.75, 3.05) is 0 Å². The summed E-state index contributed by atoms with van der Waals surface area (Å²) in [7, 11) is 0. The Morgan fingerprint density at radius 1 is 1.33 bits per heavy atom. The predicted octanol–water partition coefficient (Wildman–Crippen LogP) is 3.06. The van der Waals surface area contributed by atoms with E-state index in [1.165, 1.54) is 5.56 Å². The maximum absolute atomic E-state index is 10.4. The van der Waals surface area contributed by atoms with E-state index in [0.717, 1.165) is 11.3 Å². The molecule has 1 N–H and O–H groups in total. The molecule has 0 saturated carbocycles. The van der Waals surface area contributed by atoms with Gasteiger partial charge in [0.15, 0.2) is 0 Å². The lowest BCUT2D eigenvalue weighted by atomic mass is 10.1. The number of aliphatic carboxylic acids is 1. The van der Waals surface area contributed by atoms with E-state index in [4.69, 9.17) is 9.52 Å². The van der Waals surface area contributed by atoms with E-state index >= 15 is 0 Å². The fourth-order valence-electron chi connectivity index (χ4n) is 1.67. The molecule has 0 aliphatic heterocycles. The molecule has 1 heterocycles. The van der Waals surface area contributed by atoms with Crippen molar-refractivity contribution < 1.29 is 14.3 Å². The zero-order valence-corrected chi connectivity index (χ0v) is 10.2. The molecule has 0 saturated heterocycles. The molecule has 94 valence electrons. The van der Waals surface area contributed by atoms with Crippen LogP contribution in [0.5, 0.6) is 0 Å². The fourth-order valence-corrected chi connectivity index (χ4v) is 1.67. The number of rotatable bonds is 5. The highest BCUT2D eigenvalue weighted by atomic mass is 16.4. The molecule has 0 radical (unpaired) electrons. The molecule has 0 fully saturated rings. The summed E-state index contributed by atoms with van der Waals surface area (Å²) < 4.78 is 5.59. The first-order valence-corrected chi connectivity index (χ1v) is 5.88. The zero-order chi connectivity index (χ0) is 13.0. The van der Waals surface area contributed by atoms with Gasteiger partial charge in [0.2, 0.25) is 5.89 Å². The Morgan fingerprint density at radius 3 is 2.72 bits per heavy atom. The van der Waals surface area contributed by atoms with E-state index < -0.39 is 5.97 Å². The Balaban J connectivity index is 2.01. The van der Waals surface area contributed by atoms with Gasteiger partial charge in [0.05, 0.1) is 6.20 Å². The van der Waals surface area contributed by atoms with E-state index in [-0.39, 0.29) is 6.42 Å². The molecule has 4 nitrogen and oxygen atoms in total. The summed E-state index contributed by atoms with van der Waals surface area (Å²) in [5.74, 6) is 0.528. The van der Waals surface area contributed by atoms with Crippen molar-refractivity contribution in [3.8, 4) is 11.5 Å². The van der Waals surface area contributed by atoms with E-state index in [9.17, 15) is 4.79 Å². The Labute approximate surface area is 105 Å². The summed E-state index contributed by atoms with van der Waals surface area (Å²) in [5.41, 5.74) is 2.12. The van der Waals surface area contributed by atoms with Gasteiger partial charge in [-0.2, -0.15) is 0 Å². The Bertz CT molecular complexity index is 528. The van der Waals surface area contributed by atoms with Crippen LogP contribution in [0.4, 0.5) is 0 Å². The molecule has 0 atom stereocenters. The fraction of sp³-hybridized carbons (Fsp3) is 0.286. The molecule has 0 aliphatic carbocycles. The number of hydrogen-bond acceptors (Lipinski definition) is 3. The standard InChI is InChI=1S/C14H15NO3/c1-10-5-7-11(8-6-10)14-15-9-12(18-14)3-2-4-13(16)17/h5-9H,2-4H2,1H3,(H,16,17). The maximum Gasteiger partial charge on any atom is 0.303 e. The second kappa shape index (κ2) is 5.49. The number of nitrogens with zero attached hydrogens (tertiary/aromatic N) is 1. The minimum absolute atomic E-state index is 0.153. The first-order valence-electron chi connectivity index (χ1n) is 5.88. The Morgan fingerprint density at radius 2 is 2.06 bits per heavy atom. The molecule has 0 amide bonds. The smallest absolute Gasteiger partial charge is 0.303 e. The van der Waals surface area contributed by atoms with Gasteiger partial charge in [0.25, 0.3) is 0 Å². The molecule has 0 aliphatic rings. The number of oxazole rings is 1. The van der Waals surface area contributed by atoms with E-state index in [0.29, 0.717) is 18.7 Å². The summed E-state index contributed by atoms with van der Waals surface area (Å²) in [6.07, 6.45) is 2.99. The SMILES string of the molecule is Cc1ccc(-c2ncc(CCCC(=O)O)o2)cc1. The van der Waals surface area contributed by atoms with Gasteiger partial charge in [0.1, 0.15) is 5.76 Å². The van der Waals surface area contributed by atoms with Crippen molar-refractivity contribution in [2.24, 2.45) is 0 Å². The van der Waals surface area contributed by atoms with Crippen molar-refractivity contribution >= 4 is 5.97 Å². The highest BCUT2D eigenvalue weighted by Gasteiger charge is 2.07. The Hall–Kier alpha value is -2.10. The largest absolute Gasteiger partial charge is 0.481 e. The van der Waals surface area contributed by atoms with Gasteiger partial charge >= 0.3 is 5.97 Å². The average molecular weight is 245 g/mol. The van der Waals surface area contributed by atoms with Crippen LogP contribution in [0.1, 0.15) is 24.2 Å². The van der Waals surface area contributed by atoms with Gasteiger partial charge < -0.3 is 9.52 Å². The van der Waals surface area contributed by atoms with Crippen molar-refractivity contribution in [2.45, 2.75) is 26.2 Å². The summed E-state index contributed by atoms with van der Waals surface area (Å²) in [5, 5.41) is 8.55. The molecule has 0 spiro atoms. The molecule has 2 rings (SSSR count). The summed E-state index contributed by atoms with van der Waals surface area (Å²) >= 11 is 0. The van der Waals surface area contributed by atoms with Gasteiger partial charge in [0, 0.05) is 18.4 Å². The number of carboxylic acids is 1. The summed E-state index contributed by atoms with van der Waals surface area (Å²) in [6.45, 7) is 2.02. The van der Waals surface area contributed by atoms with E-state index in [1.807, 2.05) is 31.2 Å². The number of carboxylic acid groups (broad SMARTS) is 1. The minimum Gasteiger partial charge on any atom is -0.481 e. The average Bonchev–Trinajstić information content (AvgIpc) is 2.78. The lowest BCUT2D eigenvalue weighted by molar-refractivity contribution is -0.137. The lowest BCUT2D eigenvalue weighted by Gasteiger charge is -1.97. The molecule has 2 aromatic rings. The molecular formula is C14H15NO3. The van der Waals surface area contributed by atoms with Crippen LogP contribution in [0, 0.1) is 6.92 Å². The van der Waals surface area contributed by atoms with Crippen LogP contribution in [0.25, 0.3) is 11.5 Å². The van der Waals surface area contributed by atoms with Gasteiger partial charge in [-0.15, -0.1) is 0 Å². The van der Waals surface area contributed by atoms with Gasteiger partial charge in [-0.3, -0.25) is 4.79 Å². The number of hydrogen-bond donors (Lipinski definition) is 1. The number of aromatic nitrogens is 1. The third-order valence-corrected chi connectivity index (χ3v) is 2.67. The molecule has 1 aromatic carbocycles. The third kappa shape index (κ3) is 3.20. The quantitative estimate of drug-likeness (QED) is 0.879. The molecule has 18 heavy (non-hydrogen) atoms. The third-order valence-electron chi connectivity index (χ3n) is 2.67. The molecule has 4 heteroatoms. The molecular weight excluding hydrogens is 230 g/mol. The van der Waals surface area contributed by atoms with Crippen LogP contribution in [-0.2, 0) is 11.2 Å². The summed E-state index contributed by atoms with van der Waals surface area (Å²) in [4.78, 5) is 14.6. The predicted molar refractivity (Wildman–Crippen MR) is 67.2 cm³/mol. The van der Waals surface area contributed by atoms with Gasteiger partial charge in [-0.1, -0.05) is 17.7 Å². The minimum atomic E-state index is -0.784. The van der Waals surface area contributed by atoms with Crippen molar-refractivity contribution in [3.63, 3.8) is 0 Å². The van der Waals surface area contributed by atoms with Crippen LogP contribution in [0.3, 0.4) is 0 Å². The molecule has 0 unspecified atom stereocenters. The monoisotopic (exact) mass is 245 g/mol. The zero-order valence-electron chi connectivity index (χ0n) is 10.2. The van der Waals surface area contributed by atoms with Gasteiger partial charge in [-0.25, -0.2) is 4.98 Å². The van der Waals surface area contributed by atoms with Crippen LogP contribution < -0.4 is 0 Å². The Kier molecular flexibility index (Phi) is 3.77. The normalized spacial score (nSPS) is 10.5. The summed E-state index contributed by atoms with van der Waals surface area (Å²) in [6, 6.07) is 7.93. The molecule has 0 bridgehead atoms. The highest BCUT2D eigenvalue weighted by molar-refractivity contribution is 5.66. The number of benzene rings is 1. The maximum atomic E-state index is 10.4.